The number of carbonyl (C=O) groups excluding carboxylic acids is 2. The summed E-state index contributed by atoms with van der Waals surface area (Å²) < 4.78 is 4.73. The van der Waals surface area contributed by atoms with E-state index >= 15 is 0 Å². The molecule has 0 fully saturated rings. The summed E-state index contributed by atoms with van der Waals surface area (Å²) in [4.78, 5) is 23.6. The molecule has 1 aromatic rings. The van der Waals surface area contributed by atoms with Gasteiger partial charge in [-0.15, -0.1) is 0 Å². The second kappa shape index (κ2) is 7.78. The molecule has 0 saturated heterocycles. The Balaban J connectivity index is 2.61. The van der Waals surface area contributed by atoms with E-state index in [1.807, 2.05) is 45.9 Å². The standard InChI is InChI=1S/C16H24N2O3/c1-10(2)15(16(20)21-5)17-9-14(19)18-13-8-11(3)6-7-12(13)4/h6-8,10,15,17H,9H2,1-5H3,(H,18,19). The van der Waals surface area contributed by atoms with E-state index in [1.165, 1.54) is 7.11 Å². The van der Waals surface area contributed by atoms with Crippen molar-refractivity contribution in [2.75, 3.05) is 19.0 Å². The Hall–Kier alpha value is -1.88. The molecule has 0 aliphatic carbocycles. The number of hydrogen-bond acceptors (Lipinski definition) is 4. The summed E-state index contributed by atoms with van der Waals surface area (Å²) in [7, 11) is 1.34. The second-order valence-corrected chi connectivity index (χ2v) is 5.49. The van der Waals surface area contributed by atoms with E-state index in [0.29, 0.717) is 0 Å². The lowest BCUT2D eigenvalue weighted by atomic mass is 10.0. The van der Waals surface area contributed by atoms with Crippen LogP contribution in [0.25, 0.3) is 0 Å². The molecule has 21 heavy (non-hydrogen) atoms. The third kappa shape index (κ3) is 5.19. The van der Waals surface area contributed by atoms with Crippen molar-refractivity contribution in [2.24, 2.45) is 5.92 Å². The van der Waals surface area contributed by atoms with Crippen molar-refractivity contribution in [1.82, 2.24) is 5.32 Å². The summed E-state index contributed by atoms with van der Waals surface area (Å²) in [5.41, 5.74) is 2.88. The highest BCUT2D eigenvalue weighted by Crippen LogP contribution is 2.16. The second-order valence-electron chi connectivity index (χ2n) is 5.49. The molecule has 0 aliphatic heterocycles. The molecule has 0 aliphatic rings. The van der Waals surface area contributed by atoms with Gasteiger partial charge in [0.15, 0.2) is 0 Å². The van der Waals surface area contributed by atoms with E-state index < -0.39 is 6.04 Å². The van der Waals surface area contributed by atoms with Gasteiger partial charge in [-0.25, -0.2) is 0 Å². The number of amides is 1. The van der Waals surface area contributed by atoms with Crippen LogP contribution in [0.1, 0.15) is 25.0 Å². The van der Waals surface area contributed by atoms with Crippen LogP contribution in [0.3, 0.4) is 0 Å². The quantitative estimate of drug-likeness (QED) is 0.787. The number of esters is 1. The van der Waals surface area contributed by atoms with Gasteiger partial charge in [-0.3, -0.25) is 14.9 Å². The van der Waals surface area contributed by atoms with Crippen LogP contribution in [-0.4, -0.2) is 31.6 Å². The topological polar surface area (TPSA) is 67.4 Å². The van der Waals surface area contributed by atoms with E-state index in [-0.39, 0.29) is 24.3 Å². The maximum absolute atomic E-state index is 12.0. The molecule has 1 aromatic carbocycles. The number of hydrogen-bond donors (Lipinski definition) is 2. The Labute approximate surface area is 126 Å². The fourth-order valence-corrected chi connectivity index (χ4v) is 1.99. The average molecular weight is 292 g/mol. The molecule has 0 aromatic heterocycles. The molecule has 0 heterocycles. The van der Waals surface area contributed by atoms with Crippen molar-refractivity contribution >= 4 is 17.6 Å². The zero-order chi connectivity index (χ0) is 16.0. The predicted molar refractivity (Wildman–Crippen MR) is 83.2 cm³/mol. The number of methoxy groups -OCH3 is 1. The zero-order valence-corrected chi connectivity index (χ0v) is 13.3. The molecule has 116 valence electrons. The minimum Gasteiger partial charge on any atom is -0.468 e. The number of ether oxygens (including phenoxy) is 1. The monoisotopic (exact) mass is 292 g/mol. The average Bonchev–Trinajstić information content (AvgIpc) is 2.42. The number of carbonyl (C=O) groups is 2. The summed E-state index contributed by atoms with van der Waals surface area (Å²) in [5, 5.41) is 5.79. The lowest BCUT2D eigenvalue weighted by Crippen LogP contribution is -2.45. The fourth-order valence-electron chi connectivity index (χ4n) is 1.99. The molecule has 0 saturated carbocycles. The molecule has 1 rings (SSSR count). The van der Waals surface area contributed by atoms with Gasteiger partial charge in [-0.05, 0) is 37.0 Å². The van der Waals surface area contributed by atoms with E-state index in [9.17, 15) is 9.59 Å². The summed E-state index contributed by atoms with van der Waals surface area (Å²) in [5.74, 6) is -0.492. The first kappa shape index (κ1) is 17.2. The number of nitrogens with one attached hydrogen (secondary N) is 2. The smallest absolute Gasteiger partial charge is 0.323 e. The molecular weight excluding hydrogens is 268 g/mol. The van der Waals surface area contributed by atoms with Gasteiger partial charge in [0.25, 0.3) is 0 Å². The van der Waals surface area contributed by atoms with Gasteiger partial charge in [-0.2, -0.15) is 0 Å². The van der Waals surface area contributed by atoms with Gasteiger partial charge >= 0.3 is 5.97 Å². The van der Waals surface area contributed by atoms with E-state index in [4.69, 9.17) is 4.74 Å². The predicted octanol–water partition coefficient (Wildman–Crippen LogP) is 2.03. The zero-order valence-electron chi connectivity index (χ0n) is 13.3. The van der Waals surface area contributed by atoms with E-state index in [0.717, 1.165) is 16.8 Å². The van der Waals surface area contributed by atoms with Gasteiger partial charge in [0.1, 0.15) is 6.04 Å². The molecule has 5 heteroatoms. The van der Waals surface area contributed by atoms with Crippen LogP contribution in [0.15, 0.2) is 18.2 Å². The van der Waals surface area contributed by atoms with Crippen LogP contribution >= 0.6 is 0 Å². The summed E-state index contributed by atoms with van der Waals surface area (Å²) >= 11 is 0. The molecule has 1 atom stereocenters. The maximum Gasteiger partial charge on any atom is 0.323 e. The van der Waals surface area contributed by atoms with Crippen molar-refractivity contribution in [3.63, 3.8) is 0 Å². The van der Waals surface area contributed by atoms with Crippen molar-refractivity contribution in [2.45, 2.75) is 33.7 Å². The number of anilines is 1. The first-order valence-corrected chi connectivity index (χ1v) is 7.03. The van der Waals surface area contributed by atoms with Crippen LogP contribution in [0.4, 0.5) is 5.69 Å². The Morgan fingerprint density at radius 1 is 1.24 bits per heavy atom. The lowest BCUT2D eigenvalue weighted by molar-refractivity contribution is -0.144. The molecule has 0 spiro atoms. The van der Waals surface area contributed by atoms with Gasteiger partial charge in [0.05, 0.1) is 13.7 Å². The van der Waals surface area contributed by atoms with Gasteiger partial charge in [0.2, 0.25) is 5.91 Å². The Kier molecular flexibility index (Phi) is 6.37. The highest BCUT2D eigenvalue weighted by molar-refractivity contribution is 5.93. The Bertz CT molecular complexity index is 512. The molecule has 5 nitrogen and oxygen atoms in total. The normalized spacial score (nSPS) is 12.1. The van der Waals surface area contributed by atoms with Crippen LogP contribution < -0.4 is 10.6 Å². The van der Waals surface area contributed by atoms with Crippen molar-refractivity contribution in [3.05, 3.63) is 29.3 Å². The Morgan fingerprint density at radius 2 is 1.90 bits per heavy atom. The first-order valence-electron chi connectivity index (χ1n) is 7.03. The van der Waals surface area contributed by atoms with Crippen molar-refractivity contribution < 1.29 is 14.3 Å². The van der Waals surface area contributed by atoms with Crippen molar-refractivity contribution in [3.8, 4) is 0 Å². The lowest BCUT2D eigenvalue weighted by Gasteiger charge is -2.19. The fraction of sp³-hybridized carbons (Fsp3) is 0.500. The minimum absolute atomic E-state index is 0.0472. The van der Waals surface area contributed by atoms with Crippen molar-refractivity contribution in [1.29, 1.82) is 0 Å². The van der Waals surface area contributed by atoms with Gasteiger partial charge in [-0.1, -0.05) is 26.0 Å². The van der Waals surface area contributed by atoms with Crippen LogP contribution in [0.2, 0.25) is 0 Å². The third-order valence-corrected chi connectivity index (χ3v) is 3.27. The Morgan fingerprint density at radius 3 is 2.48 bits per heavy atom. The highest BCUT2D eigenvalue weighted by Gasteiger charge is 2.23. The summed E-state index contributed by atoms with van der Waals surface area (Å²) in [6.45, 7) is 7.77. The van der Waals surface area contributed by atoms with E-state index in [1.54, 1.807) is 0 Å². The number of aryl methyl sites for hydroxylation is 2. The van der Waals surface area contributed by atoms with Crippen LogP contribution in [-0.2, 0) is 14.3 Å². The molecule has 2 N–H and O–H groups in total. The number of rotatable bonds is 6. The number of benzene rings is 1. The summed E-state index contributed by atoms with van der Waals surface area (Å²) in [6.07, 6.45) is 0. The maximum atomic E-state index is 12.0. The largest absolute Gasteiger partial charge is 0.468 e. The highest BCUT2D eigenvalue weighted by atomic mass is 16.5. The molecule has 1 unspecified atom stereocenters. The molecular formula is C16H24N2O3. The third-order valence-electron chi connectivity index (χ3n) is 3.27. The SMILES string of the molecule is COC(=O)C(NCC(=O)Nc1cc(C)ccc1C)C(C)C. The minimum atomic E-state index is -0.487. The van der Waals surface area contributed by atoms with Gasteiger partial charge < -0.3 is 10.1 Å². The van der Waals surface area contributed by atoms with Crippen LogP contribution in [0, 0.1) is 19.8 Å². The molecule has 0 radical (unpaired) electrons. The molecule has 0 bridgehead atoms. The first-order chi connectivity index (χ1) is 9.85. The van der Waals surface area contributed by atoms with Crippen LogP contribution in [0.5, 0.6) is 0 Å². The summed E-state index contributed by atoms with van der Waals surface area (Å²) in [6, 6.07) is 5.39. The molecule has 1 amide bonds. The van der Waals surface area contributed by atoms with E-state index in [2.05, 4.69) is 10.6 Å². The van der Waals surface area contributed by atoms with Gasteiger partial charge in [0, 0.05) is 5.69 Å².